The van der Waals surface area contributed by atoms with E-state index in [1.54, 1.807) is 6.08 Å². The van der Waals surface area contributed by atoms with Crippen molar-refractivity contribution in [2.75, 3.05) is 18.6 Å². The fourth-order valence-corrected chi connectivity index (χ4v) is 10.9. The molecule has 5 heterocycles. The maximum Gasteiger partial charge on any atom is 0.181 e. The van der Waals surface area contributed by atoms with Crippen LogP contribution in [-0.4, -0.2) is 40.1 Å². The van der Waals surface area contributed by atoms with Crippen molar-refractivity contribution in [1.29, 1.82) is 0 Å². The van der Waals surface area contributed by atoms with E-state index in [9.17, 15) is 5.11 Å². The van der Waals surface area contributed by atoms with Gasteiger partial charge in [0.15, 0.2) is 11.6 Å². The van der Waals surface area contributed by atoms with Gasteiger partial charge in [0.05, 0.1) is 28.4 Å². The highest BCUT2D eigenvalue weighted by Gasteiger charge is 2.42. The van der Waals surface area contributed by atoms with Crippen LogP contribution in [0, 0.1) is 0 Å². The molecule has 0 aliphatic carbocycles. The quantitative estimate of drug-likeness (QED) is 0.138. The topological polar surface area (TPSA) is 53.2 Å². The molecule has 3 aliphatic heterocycles. The van der Waals surface area contributed by atoms with E-state index in [1.165, 1.54) is 41.7 Å². The first kappa shape index (κ1) is 43.2. The largest absolute Gasteiger partial charge is 0.455 e. The van der Waals surface area contributed by atoms with Gasteiger partial charge in [-0.2, -0.15) is 0 Å². The van der Waals surface area contributed by atoms with Gasteiger partial charge < -0.3 is 19.6 Å². The van der Waals surface area contributed by atoms with Gasteiger partial charge in [-0.3, -0.25) is 4.57 Å². The van der Waals surface area contributed by atoms with Gasteiger partial charge in [0.2, 0.25) is 0 Å². The molecule has 6 nitrogen and oxygen atoms in total. The van der Waals surface area contributed by atoms with Crippen molar-refractivity contribution >= 4 is 93.2 Å². The summed E-state index contributed by atoms with van der Waals surface area (Å²) in [6.07, 6.45) is 16.1. The van der Waals surface area contributed by atoms with Crippen LogP contribution < -0.4 is 9.64 Å². The van der Waals surface area contributed by atoms with Crippen molar-refractivity contribution in [2.45, 2.75) is 32.9 Å². The smallest absolute Gasteiger partial charge is 0.181 e. The van der Waals surface area contributed by atoms with Crippen molar-refractivity contribution in [3.05, 3.63) is 223 Å². The minimum atomic E-state index is -0.377. The Kier molecular flexibility index (Phi) is 12.0. The molecular weight excluding hydrogens is 841 g/mol. The number of fused-ring (bicyclic) bond motifs is 14. The average molecular weight is 893 g/mol. The highest BCUT2D eigenvalue weighted by atomic mass is 32.1. The summed E-state index contributed by atoms with van der Waals surface area (Å²) in [7, 11) is 2.11. The molecule has 7 aromatic carbocycles. The second-order valence-electron chi connectivity index (χ2n) is 16.6. The number of hydrogen-bond donors (Lipinski definition) is 1. The minimum Gasteiger partial charge on any atom is -0.455 e. The van der Waals surface area contributed by atoms with Crippen LogP contribution in [0.5, 0.6) is 5.75 Å². The first-order valence-electron chi connectivity index (χ1n) is 22.8. The number of para-hydroxylation sites is 4. The fraction of sp³-hybridized carbons (Fsp3) is 0.117. The molecule has 1 N–H and O–H groups in total. The number of benzene rings is 7. The lowest BCUT2D eigenvalue weighted by molar-refractivity contribution is 0.282. The Labute approximate surface area is 396 Å². The van der Waals surface area contributed by atoms with Gasteiger partial charge in [-0.05, 0) is 79.6 Å². The molecule has 2 unspecified atom stereocenters. The number of aliphatic hydroxyl groups excluding tert-OH is 1. The Morgan fingerprint density at radius 2 is 1.36 bits per heavy atom. The zero-order valence-corrected chi connectivity index (χ0v) is 39.0. The van der Waals surface area contributed by atoms with Crippen molar-refractivity contribution in [2.24, 2.45) is 4.99 Å². The molecule has 12 rings (SSSR count). The van der Waals surface area contributed by atoms with Crippen molar-refractivity contribution in [3.63, 3.8) is 0 Å². The number of aliphatic hydroxyl groups is 1. The zero-order chi connectivity index (χ0) is 46.0. The van der Waals surface area contributed by atoms with Gasteiger partial charge in [0.1, 0.15) is 17.6 Å². The predicted octanol–water partition coefficient (Wildman–Crippen LogP) is 15.4. The van der Waals surface area contributed by atoms with Gasteiger partial charge in [-0.1, -0.05) is 164 Å². The number of hydrogen-bond acceptors (Lipinski definition) is 6. The lowest BCUT2D eigenvalue weighted by atomic mass is 9.98. The van der Waals surface area contributed by atoms with E-state index in [2.05, 4.69) is 174 Å². The molecule has 2 aromatic heterocycles. The molecule has 2 atom stereocenters. The number of rotatable bonds is 5. The molecule has 330 valence electrons. The van der Waals surface area contributed by atoms with Crippen molar-refractivity contribution < 1.29 is 9.84 Å². The first-order valence-corrected chi connectivity index (χ1v) is 23.7. The lowest BCUT2D eigenvalue weighted by Crippen LogP contribution is -2.38. The third kappa shape index (κ3) is 7.47. The van der Waals surface area contributed by atoms with Crippen LogP contribution >= 0.6 is 11.3 Å². The lowest BCUT2D eigenvalue weighted by Gasteiger charge is -2.36. The summed E-state index contributed by atoms with van der Waals surface area (Å²) in [6.45, 7) is 9.33. The van der Waals surface area contributed by atoms with Crippen molar-refractivity contribution in [3.8, 4) is 5.75 Å². The summed E-state index contributed by atoms with van der Waals surface area (Å²) in [5.74, 6) is 3.18. The molecule has 0 amide bonds. The first-order chi connectivity index (χ1) is 33.0. The summed E-state index contributed by atoms with van der Waals surface area (Å²) in [6, 6.07) is 52.7. The van der Waals surface area contributed by atoms with E-state index in [4.69, 9.17) is 9.73 Å². The van der Waals surface area contributed by atoms with E-state index in [0.717, 1.165) is 62.3 Å². The maximum atomic E-state index is 11.2. The van der Waals surface area contributed by atoms with Crippen LogP contribution in [0.25, 0.3) is 64.6 Å². The summed E-state index contributed by atoms with van der Waals surface area (Å²) in [5.41, 5.74) is 7.30. The number of anilines is 2. The summed E-state index contributed by atoms with van der Waals surface area (Å²) in [5, 5.41) is 18.6. The number of aromatic nitrogens is 1. The zero-order valence-electron chi connectivity index (χ0n) is 38.2. The highest BCUT2D eigenvalue weighted by Crippen LogP contribution is 2.52. The molecule has 9 aromatic rings. The number of ether oxygens (including phenoxy) is 1. The minimum absolute atomic E-state index is 0.0925. The second kappa shape index (κ2) is 18.6. The Balaban J connectivity index is 0.000000537. The molecule has 0 bridgehead atoms. The molecule has 67 heavy (non-hydrogen) atoms. The van der Waals surface area contributed by atoms with Crippen LogP contribution in [0.1, 0.15) is 37.9 Å². The van der Waals surface area contributed by atoms with E-state index < -0.39 is 0 Å². The number of likely N-dealkylation sites (N-methyl/N-ethyl adjacent to an activating group) is 1. The van der Waals surface area contributed by atoms with Gasteiger partial charge in [-0.15, -0.1) is 11.3 Å². The number of aliphatic imine (C=N–C) groups is 1. The predicted molar refractivity (Wildman–Crippen MR) is 287 cm³/mol. The third-order valence-corrected chi connectivity index (χ3v) is 13.9. The SMILES string of the molecule is C/C=C\C.C=C/C=C\C.CN1C(C2=C/C(CO)N(c3ccccc3)c3ccccc3/C=C\2)=NC(n2c3ccccc3c3c4ccccc4c4c5ccccc5sc4c32)=C2Oc3ccccc3C21. The Bertz CT molecular complexity index is 3530. The molecule has 7 heteroatoms. The molecule has 0 saturated carbocycles. The Hall–Kier alpha value is -7.71. The second-order valence-corrected chi connectivity index (χ2v) is 17.7. The van der Waals surface area contributed by atoms with E-state index in [1.807, 2.05) is 80.7 Å². The van der Waals surface area contributed by atoms with Gasteiger partial charge in [0.25, 0.3) is 0 Å². The number of thiophene rings is 1. The molecule has 0 radical (unpaired) electrons. The van der Waals surface area contributed by atoms with E-state index >= 15 is 0 Å². The summed E-state index contributed by atoms with van der Waals surface area (Å²) in [4.78, 5) is 10.2. The van der Waals surface area contributed by atoms with Gasteiger partial charge in [0, 0.05) is 55.8 Å². The number of allylic oxidation sites excluding steroid dienone is 5. The summed E-state index contributed by atoms with van der Waals surface area (Å²) >= 11 is 1.84. The normalized spacial score (nSPS) is 17.8. The standard InChI is InChI=1S/C51H36N4O2S.C5H8.C4H8/c1-53-46-38-21-9-13-25-42(38)57-48(46)51(52-50(53)32-28-27-31-15-5-11-23-40(31)54(34(29-32)30-56)33-16-3-2-4-17-33)55-41-24-12-8-20-37(41)44-35-18-6-7-19-36(35)45-39-22-10-14-26-43(39)58-49(45)47(44)55;1-3-5-4-2;1-3-4-2/h2-29,34,46,56H,30H2,1H3;3-5H,1H2,2H3;3-4H,1-2H3/b28-27-,32-29+;5-4-;4-3-. The molecule has 3 aliphatic rings. The number of nitrogens with zero attached hydrogens (tertiary/aromatic N) is 4. The van der Waals surface area contributed by atoms with Crippen LogP contribution in [-0.2, 0) is 0 Å². The van der Waals surface area contributed by atoms with Crippen LogP contribution in [0.2, 0.25) is 0 Å². The Morgan fingerprint density at radius 3 is 2.09 bits per heavy atom. The monoisotopic (exact) mass is 892 g/mol. The van der Waals surface area contributed by atoms with Crippen LogP contribution in [0.4, 0.5) is 11.4 Å². The fourth-order valence-electron chi connectivity index (χ4n) is 9.68. The maximum absolute atomic E-state index is 11.2. The molecular formula is C60H52N4O2S. The average Bonchev–Trinajstić information content (AvgIpc) is 4.07. The van der Waals surface area contributed by atoms with Crippen molar-refractivity contribution in [1.82, 2.24) is 9.47 Å². The van der Waals surface area contributed by atoms with Crippen LogP contribution in [0.3, 0.4) is 0 Å². The van der Waals surface area contributed by atoms with E-state index in [-0.39, 0.29) is 18.7 Å². The number of amidine groups is 1. The third-order valence-electron chi connectivity index (χ3n) is 12.7. The molecule has 0 saturated heterocycles. The van der Waals surface area contributed by atoms with E-state index in [0.29, 0.717) is 0 Å². The van der Waals surface area contributed by atoms with Crippen LogP contribution in [0.15, 0.2) is 217 Å². The Morgan fingerprint density at radius 1 is 0.701 bits per heavy atom. The molecule has 0 spiro atoms. The van der Waals surface area contributed by atoms with Gasteiger partial charge in [-0.25, -0.2) is 4.99 Å². The summed E-state index contributed by atoms with van der Waals surface area (Å²) < 4.78 is 11.8. The highest BCUT2D eigenvalue weighted by molar-refractivity contribution is 7.27. The molecule has 0 fully saturated rings. The van der Waals surface area contributed by atoms with Gasteiger partial charge >= 0.3 is 0 Å².